The summed E-state index contributed by atoms with van der Waals surface area (Å²) in [5, 5.41) is 13.0. The minimum Gasteiger partial charge on any atom is -0.496 e. The Labute approximate surface area is 136 Å². The van der Waals surface area contributed by atoms with Crippen molar-refractivity contribution in [1.29, 1.82) is 0 Å². The first-order valence-corrected chi connectivity index (χ1v) is 7.15. The fraction of sp³-hybridized carbons (Fsp3) is 0.125. The highest BCUT2D eigenvalue weighted by Gasteiger charge is 2.12. The second kappa shape index (κ2) is 6.36. The zero-order valence-electron chi connectivity index (χ0n) is 12.2. The summed E-state index contributed by atoms with van der Waals surface area (Å²) in [4.78, 5) is 8.32. The number of hydrogen-bond donors (Lipinski definition) is 2. The molecule has 0 saturated carbocycles. The molecule has 5 nitrogen and oxygen atoms in total. The van der Waals surface area contributed by atoms with Crippen LogP contribution in [0.2, 0.25) is 5.02 Å². The van der Waals surface area contributed by atoms with Crippen LogP contribution in [-0.4, -0.2) is 22.2 Å². The number of aromatic nitrogens is 2. The van der Waals surface area contributed by atoms with Crippen molar-refractivity contribution in [1.82, 2.24) is 9.97 Å². The first-order chi connectivity index (χ1) is 11.1. The second-order valence-corrected chi connectivity index (χ2v) is 5.20. The summed E-state index contributed by atoms with van der Waals surface area (Å²) in [6, 6.07) is 8.07. The van der Waals surface area contributed by atoms with Crippen molar-refractivity contribution in [3.05, 3.63) is 53.1 Å². The maximum absolute atomic E-state index is 14.1. The standard InChI is InChI=1S/C16H13ClFN3O2/c1-23-14-6-13-10(5-9(14)7-22)16(20-8-19-13)21-12-4-2-3-11(17)15(12)18/h2-6,8,22H,7H2,1H3,(H,19,20,21). The zero-order valence-corrected chi connectivity index (χ0v) is 12.9. The largest absolute Gasteiger partial charge is 0.496 e. The van der Waals surface area contributed by atoms with E-state index in [0.717, 1.165) is 0 Å². The lowest BCUT2D eigenvalue weighted by atomic mass is 10.1. The van der Waals surface area contributed by atoms with E-state index in [-0.39, 0.29) is 17.3 Å². The lowest BCUT2D eigenvalue weighted by Gasteiger charge is -2.12. The minimum atomic E-state index is -0.558. The van der Waals surface area contributed by atoms with Crippen molar-refractivity contribution >= 4 is 34.0 Å². The van der Waals surface area contributed by atoms with E-state index in [9.17, 15) is 9.50 Å². The van der Waals surface area contributed by atoms with Crippen LogP contribution in [0.4, 0.5) is 15.9 Å². The first kappa shape index (κ1) is 15.5. The van der Waals surface area contributed by atoms with E-state index < -0.39 is 5.82 Å². The Balaban J connectivity index is 2.12. The average molecular weight is 334 g/mol. The molecule has 0 fully saturated rings. The molecule has 118 valence electrons. The van der Waals surface area contributed by atoms with Crippen molar-refractivity contribution in [3.63, 3.8) is 0 Å². The van der Waals surface area contributed by atoms with Gasteiger partial charge in [-0.25, -0.2) is 14.4 Å². The highest BCUT2D eigenvalue weighted by molar-refractivity contribution is 6.31. The predicted octanol–water partition coefficient (Wildman–Crippen LogP) is 3.67. The topological polar surface area (TPSA) is 67.3 Å². The lowest BCUT2D eigenvalue weighted by Crippen LogP contribution is -2.00. The van der Waals surface area contributed by atoms with Gasteiger partial charge in [0.1, 0.15) is 17.9 Å². The van der Waals surface area contributed by atoms with Gasteiger partial charge in [0.05, 0.1) is 29.9 Å². The molecule has 0 aliphatic heterocycles. The smallest absolute Gasteiger partial charge is 0.165 e. The quantitative estimate of drug-likeness (QED) is 0.762. The normalized spacial score (nSPS) is 10.8. The van der Waals surface area contributed by atoms with Gasteiger partial charge < -0.3 is 15.2 Å². The monoisotopic (exact) mass is 333 g/mol. The molecule has 0 bridgehead atoms. The molecule has 2 N–H and O–H groups in total. The first-order valence-electron chi connectivity index (χ1n) is 6.77. The Hall–Kier alpha value is -2.44. The van der Waals surface area contributed by atoms with Crippen LogP contribution < -0.4 is 10.1 Å². The summed E-state index contributed by atoms with van der Waals surface area (Å²) in [5.74, 6) is 0.379. The molecule has 0 spiro atoms. The molecule has 23 heavy (non-hydrogen) atoms. The minimum absolute atomic E-state index is 0.0195. The molecule has 0 atom stereocenters. The zero-order chi connectivity index (χ0) is 16.4. The number of rotatable bonds is 4. The van der Waals surface area contributed by atoms with Gasteiger partial charge in [-0.3, -0.25) is 0 Å². The molecule has 0 aliphatic carbocycles. The van der Waals surface area contributed by atoms with E-state index in [2.05, 4.69) is 15.3 Å². The Bertz CT molecular complexity index is 873. The molecule has 0 aliphatic rings. The third-order valence-corrected chi connectivity index (χ3v) is 3.70. The van der Waals surface area contributed by atoms with Crippen molar-refractivity contribution in [2.45, 2.75) is 6.61 Å². The van der Waals surface area contributed by atoms with Crippen LogP contribution in [0.3, 0.4) is 0 Å². The molecular weight excluding hydrogens is 321 g/mol. The molecule has 7 heteroatoms. The number of aliphatic hydroxyl groups is 1. The number of fused-ring (bicyclic) bond motifs is 1. The highest BCUT2D eigenvalue weighted by atomic mass is 35.5. The summed E-state index contributed by atoms with van der Waals surface area (Å²) >= 11 is 5.79. The number of aliphatic hydroxyl groups excluding tert-OH is 1. The number of benzene rings is 2. The lowest BCUT2D eigenvalue weighted by molar-refractivity contribution is 0.274. The number of halogens is 2. The van der Waals surface area contributed by atoms with Gasteiger partial charge >= 0.3 is 0 Å². The van der Waals surface area contributed by atoms with Crippen molar-refractivity contribution < 1.29 is 14.2 Å². The molecule has 3 aromatic rings. The summed E-state index contributed by atoms with van der Waals surface area (Å²) in [6.07, 6.45) is 1.37. The second-order valence-electron chi connectivity index (χ2n) is 4.79. The molecule has 0 amide bonds. The summed E-state index contributed by atoms with van der Waals surface area (Å²) in [7, 11) is 1.52. The van der Waals surface area contributed by atoms with Gasteiger partial charge in [-0.15, -0.1) is 0 Å². The van der Waals surface area contributed by atoms with E-state index in [1.54, 1.807) is 24.3 Å². The van der Waals surface area contributed by atoms with Crippen molar-refractivity contribution in [3.8, 4) is 5.75 Å². The number of ether oxygens (including phenoxy) is 1. The third-order valence-electron chi connectivity index (χ3n) is 3.41. The van der Waals surface area contributed by atoms with Crippen LogP contribution in [0, 0.1) is 5.82 Å². The average Bonchev–Trinajstić information content (AvgIpc) is 2.58. The maximum Gasteiger partial charge on any atom is 0.165 e. The summed E-state index contributed by atoms with van der Waals surface area (Å²) in [5.41, 5.74) is 1.40. The fourth-order valence-electron chi connectivity index (χ4n) is 2.27. The number of nitrogens with zero attached hydrogens (tertiary/aromatic N) is 2. The summed E-state index contributed by atoms with van der Waals surface area (Å²) in [6.45, 7) is -0.195. The third kappa shape index (κ3) is 2.91. The van der Waals surface area contributed by atoms with Gasteiger partial charge in [-0.05, 0) is 18.2 Å². The molecule has 1 heterocycles. The summed E-state index contributed by atoms with van der Waals surface area (Å²) < 4.78 is 19.3. The van der Waals surface area contributed by atoms with Crippen LogP contribution in [0.1, 0.15) is 5.56 Å². The van der Waals surface area contributed by atoms with Crippen LogP contribution in [0.5, 0.6) is 5.75 Å². The number of hydrogen-bond acceptors (Lipinski definition) is 5. The van der Waals surface area contributed by atoms with E-state index >= 15 is 0 Å². The number of methoxy groups -OCH3 is 1. The van der Waals surface area contributed by atoms with Crippen LogP contribution in [-0.2, 0) is 6.61 Å². The highest BCUT2D eigenvalue weighted by Crippen LogP contribution is 2.31. The van der Waals surface area contributed by atoms with E-state index in [4.69, 9.17) is 16.3 Å². The Morgan fingerprint density at radius 2 is 2.13 bits per heavy atom. The van der Waals surface area contributed by atoms with Crippen molar-refractivity contribution in [2.24, 2.45) is 0 Å². The van der Waals surface area contributed by atoms with Gasteiger partial charge in [0.25, 0.3) is 0 Å². The van der Waals surface area contributed by atoms with E-state index in [0.29, 0.717) is 28.0 Å². The molecule has 2 aromatic carbocycles. The van der Waals surface area contributed by atoms with Gasteiger partial charge in [0.15, 0.2) is 5.82 Å². The fourth-order valence-corrected chi connectivity index (χ4v) is 2.44. The van der Waals surface area contributed by atoms with E-state index in [1.807, 2.05) is 0 Å². The SMILES string of the molecule is COc1cc2ncnc(Nc3cccc(Cl)c3F)c2cc1CO. The Kier molecular flexibility index (Phi) is 4.27. The van der Waals surface area contributed by atoms with Gasteiger partial charge in [-0.1, -0.05) is 17.7 Å². The molecular formula is C16H13ClFN3O2. The molecule has 0 radical (unpaired) electrons. The van der Waals surface area contributed by atoms with Crippen LogP contribution in [0.15, 0.2) is 36.7 Å². The van der Waals surface area contributed by atoms with Gasteiger partial charge in [0.2, 0.25) is 0 Å². The number of anilines is 2. The van der Waals surface area contributed by atoms with Gasteiger partial charge in [-0.2, -0.15) is 0 Å². The Morgan fingerprint density at radius 1 is 1.30 bits per heavy atom. The Morgan fingerprint density at radius 3 is 2.87 bits per heavy atom. The predicted molar refractivity (Wildman–Crippen MR) is 86.7 cm³/mol. The van der Waals surface area contributed by atoms with Crippen molar-refractivity contribution in [2.75, 3.05) is 12.4 Å². The van der Waals surface area contributed by atoms with Crippen LogP contribution >= 0.6 is 11.6 Å². The molecule has 3 rings (SSSR count). The molecule has 1 aromatic heterocycles. The number of nitrogens with one attached hydrogen (secondary N) is 1. The molecule has 0 saturated heterocycles. The van der Waals surface area contributed by atoms with E-state index in [1.165, 1.54) is 19.5 Å². The molecule has 0 unspecified atom stereocenters. The van der Waals surface area contributed by atoms with Crippen LogP contribution in [0.25, 0.3) is 10.9 Å². The van der Waals surface area contributed by atoms with Gasteiger partial charge in [0, 0.05) is 17.0 Å². The maximum atomic E-state index is 14.1.